The summed E-state index contributed by atoms with van der Waals surface area (Å²) in [5, 5.41) is 19.3. The highest BCUT2D eigenvalue weighted by Crippen LogP contribution is 2.23. The molecule has 2 rings (SSSR count). The first-order valence-corrected chi connectivity index (χ1v) is 9.11. The van der Waals surface area contributed by atoms with Gasteiger partial charge in [0.15, 0.2) is 0 Å². The van der Waals surface area contributed by atoms with Crippen molar-refractivity contribution in [2.45, 2.75) is 30.8 Å². The fourth-order valence-corrected chi connectivity index (χ4v) is 2.77. The lowest BCUT2D eigenvalue weighted by atomic mass is 10.3. The average Bonchev–Trinajstić information content (AvgIpc) is 2.60. The molecule has 2 N–H and O–H groups in total. The van der Waals surface area contributed by atoms with Crippen LogP contribution in [0.15, 0.2) is 53.4 Å². The molecule has 0 aliphatic carbocycles. The Balaban J connectivity index is 1.73. The van der Waals surface area contributed by atoms with Crippen molar-refractivity contribution in [1.82, 2.24) is 0 Å². The number of aliphatic hydroxyl groups excluding tert-OH is 1. The molecule has 1 atom stereocenters. The number of phenols is 1. The summed E-state index contributed by atoms with van der Waals surface area (Å²) in [5.74, 6) is 2.24. The van der Waals surface area contributed by atoms with Crippen LogP contribution in [0.2, 0.25) is 0 Å². The molecule has 130 valence electrons. The van der Waals surface area contributed by atoms with Crippen LogP contribution in [0.3, 0.4) is 0 Å². The predicted octanol–water partition coefficient (Wildman–Crippen LogP) is 4.10. The maximum absolute atomic E-state index is 10.0. The third-order valence-corrected chi connectivity index (χ3v) is 4.45. The Morgan fingerprint density at radius 3 is 2.46 bits per heavy atom. The molecule has 0 spiro atoms. The van der Waals surface area contributed by atoms with Crippen LogP contribution in [0.1, 0.15) is 19.8 Å². The van der Waals surface area contributed by atoms with Crippen LogP contribution in [-0.4, -0.2) is 35.3 Å². The SMILES string of the molecule is CCCCOc1cccc(OCC(O)CSc2ccc(O)cc2)c1. The molecule has 0 amide bonds. The van der Waals surface area contributed by atoms with E-state index in [0.29, 0.717) is 18.1 Å². The Morgan fingerprint density at radius 2 is 1.75 bits per heavy atom. The molecular weight excluding hydrogens is 324 g/mol. The van der Waals surface area contributed by atoms with Gasteiger partial charge in [-0.05, 0) is 42.8 Å². The molecule has 0 heterocycles. The van der Waals surface area contributed by atoms with E-state index in [0.717, 1.165) is 23.5 Å². The molecule has 4 nitrogen and oxygen atoms in total. The van der Waals surface area contributed by atoms with Gasteiger partial charge in [0, 0.05) is 16.7 Å². The minimum absolute atomic E-state index is 0.226. The van der Waals surface area contributed by atoms with E-state index in [4.69, 9.17) is 9.47 Å². The second-order valence-corrected chi connectivity index (χ2v) is 6.54. The molecule has 0 fully saturated rings. The lowest BCUT2D eigenvalue weighted by molar-refractivity contribution is 0.126. The van der Waals surface area contributed by atoms with E-state index in [1.807, 2.05) is 36.4 Å². The summed E-state index contributed by atoms with van der Waals surface area (Å²) in [6.07, 6.45) is 1.55. The summed E-state index contributed by atoms with van der Waals surface area (Å²) in [6.45, 7) is 3.05. The second kappa shape index (κ2) is 10.1. The lowest BCUT2D eigenvalue weighted by Crippen LogP contribution is -2.20. The minimum atomic E-state index is -0.575. The quantitative estimate of drug-likeness (QED) is 0.500. The number of unbranched alkanes of at least 4 members (excludes halogenated alkanes) is 1. The number of thioether (sulfide) groups is 1. The standard InChI is InChI=1S/C19H24O4S/c1-2-3-11-22-17-5-4-6-18(12-17)23-13-16(21)14-24-19-9-7-15(20)8-10-19/h4-10,12,16,20-21H,2-3,11,13-14H2,1H3. The zero-order valence-corrected chi connectivity index (χ0v) is 14.7. The van der Waals surface area contributed by atoms with Gasteiger partial charge < -0.3 is 19.7 Å². The molecule has 0 saturated heterocycles. The van der Waals surface area contributed by atoms with Crippen molar-refractivity contribution in [1.29, 1.82) is 0 Å². The van der Waals surface area contributed by atoms with Crippen molar-refractivity contribution >= 4 is 11.8 Å². The van der Waals surface area contributed by atoms with E-state index < -0.39 is 6.10 Å². The average molecular weight is 348 g/mol. The summed E-state index contributed by atoms with van der Waals surface area (Å²) < 4.78 is 11.3. The lowest BCUT2D eigenvalue weighted by Gasteiger charge is -2.13. The van der Waals surface area contributed by atoms with Gasteiger partial charge >= 0.3 is 0 Å². The van der Waals surface area contributed by atoms with Gasteiger partial charge in [-0.2, -0.15) is 0 Å². The summed E-state index contributed by atoms with van der Waals surface area (Å²) in [7, 11) is 0. The molecular formula is C19H24O4S. The van der Waals surface area contributed by atoms with Crippen LogP contribution >= 0.6 is 11.8 Å². The molecule has 5 heteroatoms. The molecule has 1 unspecified atom stereocenters. The zero-order chi connectivity index (χ0) is 17.2. The van der Waals surface area contributed by atoms with Crippen LogP contribution in [0, 0.1) is 0 Å². The Bertz CT molecular complexity index is 601. The largest absolute Gasteiger partial charge is 0.508 e. The molecule has 0 aromatic heterocycles. The van der Waals surface area contributed by atoms with Crippen LogP contribution in [0.4, 0.5) is 0 Å². The molecule has 24 heavy (non-hydrogen) atoms. The normalized spacial score (nSPS) is 11.9. The first kappa shape index (κ1) is 18.5. The van der Waals surface area contributed by atoms with Crippen molar-refractivity contribution < 1.29 is 19.7 Å². The predicted molar refractivity (Wildman–Crippen MR) is 97.2 cm³/mol. The fourth-order valence-electron chi connectivity index (χ4n) is 1.96. The summed E-state index contributed by atoms with van der Waals surface area (Å²) in [5.41, 5.74) is 0. The summed E-state index contributed by atoms with van der Waals surface area (Å²) in [4.78, 5) is 0.998. The third kappa shape index (κ3) is 6.72. The van der Waals surface area contributed by atoms with Crippen molar-refractivity contribution in [3.05, 3.63) is 48.5 Å². The maximum Gasteiger partial charge on any atom is 0.123 e. The monoisotopic (exact) mass is 348 g/mol. The number of benzene rings is 2. The van der Waals surface area contributed by atoms with Gasteiger partial charge in [0.1, 0.15) is 23.9 Å². The molecule has 2 aromatic rings. The van der Waals surface area contributed by atoms with Gasteiger partial charge in [-0.15, -0.1) is 11.8 Å². The highest BCUT2D eigenvalue weighted by molar-refractivity contribution is 7.99. The van der Waals surface area contributed by atoms with Gasteiger partial charge in [-0.1, -0.05) is 19.4 Å². The topological polar surface area (TPSA) is 58.9 Å². The van der Waals surface area contributed by atoms with Gasteiger partial charge in [-0.3, -0.25) is 0 Å². The van der Waals surface area contributed by atoms with E-state index in [2.05, 4.69) is 6.92 Å². The summed E-state index contributed by atoms with van der Waals surface area (Å²) >= 11 is 1.52. The minimum Gasteiger partial charge on any atom is -0.508 e. The van der Waals surface area contributed by atoms with Crippen molar-refractivity contribution in [3.63, 3.8) is 0 Å². The fraction of sp³-hybridized carbons (Fsp3) is 0.368. The molecule has 0 aliphatic rings. The Morgan fingerprint density at radius 1 is 1.04 bits per heavy atom. The molecule has 0 bridgehead atoms. The number of aromatic hydroxyl groups is 1. The number of hydrogen-bond acceptors (Lipinski definition) is 5. The number of ether oxygens (including phenoxy) is 2. The third-order valence-electron chi connectivity index (χ3n) is 3.29. The van der Waals surface area contributed by atoms with Crippen LogP contribution in [-0.2, 0) is 0 Å². The van der Waals surface area contributed by atoms with E-state index in [1.165, 1.54) is 11.8 Å². The summed E-state index contributed by atoms with van der Waals surface area (Å²) in [6, 6.07) is 14.4. The van der Waals surface area contributed by atoms with E-state index in [9.17, 15) is 10.2 Å². The van der Waals surface area contributed by atoms with E-state index in [-0.39, 0.29) is 12.4 Å². The van der Waals surface area contributed by atoms with Crippen molar-refractivity contribution in [2.24, 2.45) is 0 Å². The Hall–Kier alpha value is -1.85. The first-order chi connectivity index (χ1) is 11.7. The maximum atomic E-state index is 10.0. The first-order valence-electron chi connectivity index (χ1n) is 8.13. The van der Waals surface area contributed by atoms with Crippen molar-refractivity contribution in [3.8, 4) is 17.2 Å². The van der Waals surface area contributed by atoms with E-state index >= 15 is 0 Å². The van der Waals surface area contributed by atoms with Crippen molar-refractivity contribution in [2.75, 3.05) is 19.0 Å². The van der Waals surface area contributed by atoms with Crippen LogP contribution in [0.25, 0.3) is 0 Å². The Labute approximate surface area is 147 Å². The number of aliphatic hydroxyl groups is 1. The van der Waals surface area contributed by atoms with Gasteiger partial charge in [0.25, 0.3) is 0 Å². The number of rotatable bonds is 10. The van der Waals surface area contributed by atoms with Gasteiger partial charge in [-0.25, -0.2) is 0 Å². The second-order valence-electron chi connectivity index (χ2n) is 5.45. The zero-order valence-electron chi connectivity index (χ0n) is 13.9. The van der Waals surface area contributed by atoms with E-state index in [1.54, 1.807) is 12.1 Å². The highest BCUT2D eigenvalue weighted by Gasteiger charge is 2.07. The molecule has 0 saturated carbocycles. The van der Waals surface area contributed by atoms with Crippen LogP contribution in [0.5, 0.6) is 17.2 Å². The number of hydrogen-bond donors (Lipinski definition) is 2. The molecule has 0 radical (unpaired) electrons. The number of phenolic OH excluding ortho intramolecular Hbond substituents is 1. The van der Waals surface area contributed by atoms with Crippen LogP contribution < -0.4 is 9.47 Å². The smallest absolute Gasteiger partial charge is 0.123 e. The van der Waals surface area contributed by atoms with Gasteiger partial charge in [0.05, 0.1) is 12.7 Å². The molecule has 0 aliphatic heterocycles. The molecule has 2 aromatic carbocycles. The Kier molecular flexibility index (Phi) is 7.79. The van der Waals surface area contributed by atoms with Gasteiger partial charge in [0.2, 0.25) is 0 Å². The highest BCUT2D eigenvalue weighted by atomic mass is 32.2.